The first kappa shape index (κ1) is 30.4. The Morgan fingerprint density at radius 1 is 0.897 bits per heavy atom. The first-order chi connectivity index (χ1) is 18.7. The van der Waals surface area contributed by atoms with E-state index in [4.69, 9.17) is 4.74 Å². The lowest BCUT2D eigenvalue weighted by atomic mass is 9.85. The number of benzene rings is 2. The predicted molar refractivity (Wildman–Crippen MR) is 160 cm³/mol. The summed E-state index contributed by atoms with van der Waals surface area (Å²) in [7, 11) is 0. The summed E-state index contributed by atoms with van der Waals surface area (Å²) >= 11 is 0. The average Bonchev–Trinajstić information content (AvgIpc) is 3.30. The molecule has 3 rings (SSSR count). The van der Waals surface area contributed by atoms with Crippen molar-refractivity contribution >= 4 is 17.0 Å². The lowest BCUT2D eigenvalue weighted by molar-refractivity contribution is -0.129. The molecule has 0 bridgehead atoms. The standard InChI is InChI=1S/C33H47N3O3/c1-6-7-8-9-10-11-12-13-14-15-16-17-18-19-31(37)39-26-20-21-28-29(24-26)35-36(34-28)30-23-25(2)22-27(32(30)38)33(3,4)5/h18-24,38H,6-17H2,1-5H3/b19-18+. The number of esters is 1. The van der Waals surface area contributed by atoms with E-state index in [1.165, 1.54) is 75.1 Å². The molecule has 0 atom stereocenters. The van der Waals surface area contributed by atoms with Gasteiger partial charge in [-0.2, -0.15) is 0 Å². The van der Waals surface area contributed by atoms with Crippen LogP contribution in [-0.4, -0.2) is 26.1 Å². The third-order valence-corrected chi connectivity index (χ3v) is 7.06. The van der Waals surface area contributed by atoms with Crippen LogP contribution in [0.2, 0.25) is 0 Å². The van der Waals surface area contributed by atoms with Crippen LogP contribution in [0.3, 0.4) is 0 Å². The Bertz CT molecular complexity index is 1240. The van der Waals surface area contributed by atoms with Gasteiger partial charge in [-0.1, -0.05) is 104 Å². The minimum Gasteiger partial charge on any atom is -0.505 e. The number of hydrogen-bond acceptors (Lipinski definition) is 5. The highest BCUT2D eigenvalue weighted by Crippen LogP contribution is 2.36. The van der Waals surface area contributed by atoms with Crippen LogP contribution in [0, 0.1) is 6.92 Å². The molecular formula is C33H47N3O3. The van der Waals surface area contributed by atoms with Crippen LogP contribution in [0.5, 0.6) is 11.5 Å². The number of aryl methyl sites for hydroxylation is 1. The van der Waals surface area contributed by atoms with Crippen molar-refractivity contribution in [1.29, 1.82) is 0 Å². The SMILES string of the molecule is CCCCCCCCCCCCC/C=C/C(=O)Oc1ccc2nn(-c3cc(C)cc(C(C)(C)C)c3O)nc2c1. The number of aromatic hydroxyl groups is 1. The van der Waals surface area contributed by atoms with Gasteiger partial charge in [-0.3, -0.25) is 0 Å². The van der Waals surface area contributed by atoms with Crippen molar-refractivity contribution in [2.75, 3.05) is 0 Å². The van der Waals surface area contributed by atoms with Crippen molar-refractivity contribution < 1.29 is 14.6 Å². The predicted octanol–water partition coefficient (Wildman–Crippen LogP) is 8.89. The Balaban J connectivity index is 1.46. The molecule has 2 aromatic carbocycles. The molecule has 0 radical (unpaired) electrons. The largest absolute Gasteiger partial charge is 0.505 e. The summed E-state index contributed by atoms with van der Waals surface area (Å²) in [6.07, 6.45) is 18.7. The molecule has 1 N–H and O–H groups in total. The Labute approximate surface area is 234 Å². The van der Waals surface area contributed by atoms with Gasteiger partial charge in [0.1, 0.15) is 28.2 Å². The fraction of sp³-hybridized carbons (Fsp3) is 0.545. The maximum atomic E-state index is 12.3. The van der Waals surface area contributed by atoms with E-state index < -0.39 is 5.97 Å². The molecule has 0 spiro atoms. The molecule has 0 aliphatic rings. The number of nitrogens with zero attached hydrogens (tertiary/aromatic N) is 3. The summed E-state index contributed by atoms with van der Waals surface area (Å²) in [6, 6.07) is 9.04. The van der Waals surface area contributed by atoms with Gasteiger partial charge in [0, 0.05) is 17.7 Å². The number of aromatic nitrogens is 3. The van der Waals surface area contributed by atoms with Crippen molar-refractivity contribution in [1.82, 2.24) is 15.0 Å². The molecule has 0 amide bonds. The number of ether oxygens (including phenoxy) is 1. The summed E-state index contributed by atoms with van der Waals surface area (Å²) < 4.78 is 5.50. The summed E-state index contributed by atoms with van der Waals surface area (Å²) in [5.41, 5.74) is 3.40. The van der Waals surface area contributed by atoms with Crippen LogP contribution in [0.4, 0.5) is 0 Å². The monoisotopic (exact) mass is 533 g/mol. The lowest BCUT2D eigenvalue weighted by Crippen LogP contribution is -2.13. The number of unbranched alkanes of at least 4 members (excludes halogenated alkanes) is 11. The van der Waals surface area contributed by atoms with Gasteiger partial charge in [0.2, 0.25) is 0 Å². The number of phenols is 1. The molecule has 0 saturated carbocycles. The third kappa shape index (κ3) is 9.52. The van der Waals surface area contributed by atoms with E-state index in [9.17, 15) is 9.90 Å². The van der Waals surface area contributed by atoms with E-state index >= 15 is 0 Å². The lowest BCUT2D eigenvalue weighted by Gasteiger charge is -2.22. The zero-order valence-corrected chi connectivity index (χ0v) is 24.6. The Hall–Kier alpha value is -3.15. The first-order valence-electron chi connectivity index (χ1n) is 14.8. The number of hydrogen-bond donors (Lipinski definition) is 1. The van der Waals surface area contributed by atoms with Gasteiger partial charge in [0.25, 0.3) is 0 Å². The van der Waals surface area contributed by atoms with Gasteiger partial charge in [-0.25, -0.2) is 4.79 Å². The van der Waals surface area contributed by atoms with Crippen LogP contribution < -0.4 is 4.74 Å². The first-order valence-corrected chi connectivity index (χ1v) is 14.8. The second-order valence-corrected chi connectivity index (χ2v) is 11.7. The summed E-state index contributed by atoms with van der Waals surface area (Å²) in [5, 5.41) is 20.0. The molecule has 3 aromatic rings. The van der Waals surface area contributed by atoms with Crippen LogP contribution in [0.1, 0.15) is 116 Å². The van der Waals surface area contributed by atoms with Gasteiger partial charge >= 0.3 is 5.97 Å². The van der Waals surface area contributed by atoms with E-state index in [1.54, 1.807) is 18.2 Å². The van der Waals surface area contributed by atoms with Gasteiger partial charge in [0.05, 0.1) is 0 Å². The van der Waals surface area contributed by atoms with E-state index in [1.807, 2.05) is 25.1 Å². The van der Waals surface area contributed by atoms with E-state index in [0.29, 0.717) is 22.5 Å². The maximum absolute atomic E-state index is 12.3. The fourth-order valence-electron chi connectivity index (χ4n) is 4.81. The molecule has 0 saturated heterocycles. The van der Waals surface area contributed by atoms with Crippen LogP contribution in [0.15, 0.2) is 42.5 Å². The van der Waals surface area contributed by atoms with Gasteiger partial charge in [0.15, 0.2) is 0 Å². The van der Waals surface area contributed by atoms with Gasteiger partial charge < -0.3 is 9.84 Å². The second-order valence-electron chi connectivity index (χ2n) is 11.7. The zero-order chi connectivity index (χ0) is 28.3. The topological polar surface area (TPSA) is 77.2 Å². The van der Waals surface area contributed by atoms with Crippen LogP contribution in [0.25, 0.3) is 16.7 Å². The molecular weight excluding hydrogens is 486 g/mol. The summed E-state index contributed by atoms with van der Waals surface area (Å²) in [6.45, 7) is 10.4. The highest BCUT2D eigenvalue weighted by Gasteiger charge is 2.22. The van der Waals surface area contributed by atoms with Crippen molar-refractivity contribution in [3.63, 3.8) is 0 Å². The van der Waals surface area contributed by atoms with E-state index in [-0.39, 0.29) is 11.2 Å². The van der Waals surface area contributed by atoms with Crippen molar-refractivity contribution in [3.8, 4) is 17.2 Å². The molecule has 1 aromatic heterocycles. The molecule has 6 nitrogen and oxygen atoms in total. The van der Waals surface area contributed by atoms with Gasteiger partial charge in [-0.15, -0.1) is 15.0 Å². The van der Waals surface area contributed by atoms with E-state index in [0.717, 1.165) is 24.0 Å². The quantitative estimate of drug-likeness (QED) is 0.0913. The number of rotatable bonds is 15. The molecule has 0 fully saturated rings. The molecule has 1 heterocycles. The van der Waals surface area contributed by atoms with Crippen molar-refractivity contribution in [2.24, 2.45) is 0 Å². The van der Waals surface area contributed by atoms with Crippen LogP contribution >= 0.6 is 0 Å². The minimum atomic E-state index is -0.393. The fourth-order valence-corrected chi connectivity index (χ4v) is 4.81. The normalized spacial score (nSPS) is 12.0. The minimum absolute atomic E-state index is 0.169. The van der Waals surface area contributed by atoms with Crippen molar-refractivity contribution in [3.05, 3.63) is 53.6 Å². The number of carbonyl (C=O) groups is 1. The number of allylic oxidation sites excluding steroid dienone is 1. The Kier molecular flexibility index (Phi) is 11.6. The van der Waals surface area contributed by atoms with E-state index in [2.05, 4.69) is 37.9 Å². The molecule has 6 heteroatoms. The number of phenolic OH excluding ortho intramolecular Hbond substituents is 1. The molecule has 212 valence electrons. The smallest absolute Gasteiger partial charge is 0.335 e. The Morgan fingerprint density at radius 2 is 1.51 bits per heavy atom. The maximum Gasteiger partial charge on any atom is 0.335 e. The Morgan fingerprint density at radius 3 is 2.15 bits per heavy atom. The highest BCUT2D eigenvalue weighted by atomic mass is 16.5. The average molecular weight is 534 g/mol. The molecule has 0 aliphatic carbocycles. The van der Waals surface area contributed by atoms with Gasteiger partial charge in [-0.05, 0) is 48.9 Å². The summed E-state index contributed by atoms with van der Waals surface area (Å²) in [4.78, 5) is 13.8. The van der Waals surface area contributed by atoms with Crippen LogP contribution in [-0.2, 0) is 10.2 Å². The molecule has 0 aliphatic heterocycles. The number of carbonyl (C=O) groups excluding carboxylic acids is 1. The zero-order valence-electron chi connectivity index (χ0n) is 24.6. The molecule has 39 heavy (non-hydrogen) atoms. The summed E-state index contributed by atoms with van der Waals surface area (Å²) in [5.74, 6) is 0.196. The third-order valence-electron chi connectivity index (χ3n) is 7.06. The molecule has 0 unspecified atom stereocenters. The number of fused-ring (bicyclic) bond motifs is 1. The van der Waals surface area contributed by atoms with Crippen molar-refractivity contribution in [2.45, 2.75) is 117 Å². The highest BCUT2D eigenvalue weighted by molar-refractivity contribution is 5.85. The second kappa shape index (κ2) is 14.9.